The first-order valence-electron chi connectivity index (χ1n) is 6.93. The molecule has 1 aliphatic rings. The standard InChI is InChI=1S/C15H21FN2O/c1-11(12-6-8-13(16)9-7-12)18-15(19)10-17-14-4-2-3-5-14/h6-9,11,14,17H,2-5,10H2,1H3,(H,18,19)/t11-/m1/s1. The highest BCUT2D eigenvalue weighted by Gasteiger charge is 2.16. The van der Waals surface area contributed by atoms with Gasteiger partial charge in [-0.15, -0.1) is 0 Å². The molecule has 1 atom stereocenters. The first kappa shape index (κ1) is 14.0. The van der Waals surface area contributed by atoms with Crippen LogP contribution < -0.4 is 10.6 Å². The smallest absolute Gasteiger partial charge is 0.234 e. The van der Waals surface area contributed by atoms with E-state index in [4.69, 9.17) is 0 Å². The van der Waals surface area contributed by atoms with Crippen LogP contribution in [-0.2, 0) is 4.79 Å². The molecule has 0 bridgehead atoms. The van der Waals surface area contributed by atoms with Crippen LogP contribution in [-0.4, -0.2) is 18.5 Å². The van der Waals surface area contributed by atoms with Crippen LogP contribution in [0.3, 0.4) is 0 Å². The molecule has 1 fully saturated rings. The first-order chi connectivity index (χ1) is 9.15. The largest absolute Gasteiger partial charge is 0.348 e. The predicted molar refractivity (Wildman–Crippen MR) is 73.2 cm³/mol. The highest BCUT2D eigenvalue weighted by atomic mass is 19.1. The van der Waals surface area contributed by atoms with E-state index in [0.717, 1.165) is 5.56 Å². The first-order valence-corrected chi connectivity index (χ1v) is 6.93. The number of amides is 1. The molecule has 0 aliphatic heterocycles. The van der Waals surface area contributed by atoms with E-state index in [1.165, 1.54) is 37.8 Å². The van der Waals surface area contributed by atoms with Gasteiger partial charge < -0.3 is 10.6 Å². The fourth-order valence-corrected chi connectivity index (χ4v) is 2.49. The Bertz CT molecular complexity index is 413. The molecule has 104 valence electrons. The summed E-state index contributed by atoms with van der Waals surface area (Å²) in [6.45, 7) is 2.26. The molecule has 3 nitrogen and oxygen atoms in total. The average molecular weight is 264 g/mol. The Labute approximate surface area is 113 Å². The molecule has 19 heavy (non-hydrogen) atoms. The zero-order valence-corrected chi connectivity index (χ0v) is 11.3. The maximum atomic E-state index is 12.8. The van der Waals surface area contributed by atoms with Crippen molar-refractivity contribution in [2.75, 3.05) is 6.54 Å². The monoisotopic (exact) mass is 264 g/mol. The van der Waals surface area contributed by atoms with Crippen molar-refractivity contribution in [3.05, 3.63) is 35.6 Å². The molecular formula is C15H21FN2O. The third-order valence-corrected chi connectivity index (χ3v) is 3.65. The summed E-state index contributed by atoms with van der Waals surface area (Å²) in [7, 11) is 0. The number of nitrogens with one attached hydrogen (secondary N) is 2. The summed E-state index contributed by atoms with van der Waals surface area (Å²) in [4.78, 5) is 11.8. The molecule has 2 N–H and O–H groups in total. The molecule has 0 heterocycles. The van der Waals surface area contributed by atoms with Crippen LogP contribution in [0.25, 0.3) is 0 Å². The van der Waals surface area contributed by atoms with E-state index in [-0.39, 0.29) is 17.8 Å². The molecule has 1 aromatic rings. The van der Waals surface area contributed by atoms with Gasteiger partial charge in [-0.1, -0.05) is 25.0 Å². The fourth-order valence-electron chi connectivity index (χ4n) is 2.49. The number of halogens is 1. The van der Waals surface area contributed by atoms with E-state index >= 15 is 0 Å². The van der Waals surface area contributed by atoms with E-state index < -0.39 is 0 Å². The minimum absolute atomic E-state index is 0.0104. The number of hydrogen-bond donors (Lipinski definition) is 2. The van der Waals surface area contributed by atoms with Gasteiger partial charge in [0.15, 0.2) is 0 Å². The minimum atomic E-state index is -0.259. The Morgan fingerprint density at radius 2 is 1.95 bits per heavy atom. The second kappa shape index (κ2) is 6.66. The van der Waals surface area contributed by atoms with E-state index in [9.17, 15) is 9.18 Å². The zero-order valence-electron chi connectivity index (χ0n) is 11.3. The van der Waals surface area contributed by atoms with Crippen molar-refractivity contribution >= 4 is 5.91 Å². The molecule has 1 aromatic carbocycles. The van der Waals surface area contributed by atoms with Gasteiger partial charge in [0.25, 0.3) is 0 Å². The molecular weight excluding hydrogens is 243 g/mol. The lowest BCUT2D eigenvalue weighted by Gasteiger charge is -2.16. The van der Waals surface area contributed by atoms with Gasteiger partial charge in [0.05, 0.1) is 12.6 Å². The Kier molecular flexibility index (Phi) is 4.91. The third-order valence-electron chi connectivity index (χ3n) is 3.65. The molecule has 1 aliphatic carbocycles. The lowest BCUT2D eigenvalue weighted by atomic mass is 10.1. The SMILES string of the molecule is C[C@@H](NC(=O)CNC1CCCC1)c1ccc(F)cc1. The topological polar surface area (TPSA) is 41.1 Å². The Balaban J connectivity index is 1.76. The van der Waals surface area contributed by atoms with E-state index in [2.05, 4.69) is 10.6 Å². The second-order valence-corrected chi connectivity index (χ2v) is 5.20. The molecule has 2 rings (SSSR count). The average Bonchev–Trinajstić information content (AvgIpc) is 2.90. The minimum Gasteiger partial charge on any atom is -0.348 e. The highest BCUT2D eigenvalue weighted by molar-refractivity contribution is 5.78. The summed E-state index contributed by atoms with van der Waals surface area (Å²) in [5, 5.41) is 6.19. The summed E-state index contributed by atoms with van der Waals surface area (Å²) in [6.07, 6.45) is 4.85. The number of hydrogen-bond acceptors (Lipinski definition) is 2. The van der Waals surface area contributed by atoms with Crippen LogP contribution in [0.5, 0.6) is 0 Å². The number of rotatable bonds is 5. The van der Waals surface area contributed by atoms with Gasteiger partial charge in [0.1, 0.15) is 5.82 Å². The summed E-state index contributed by atoms with van der Waals surface area (Å²) in [6, 6.07) is 6.61. The summed E-state index contributed by atoms with van der Waals surface area (Å²) < 4.78 is 12.8. The van der Waals surface area contributed by atoms with Gasteiger partial charge in [0.2, 0.25) is 5.91 Å². The van der Waals surface area contributed by atoms with E-state index in [0.29, 0.717) is 12.6 Å². The van der Waals surface area contributed by atoms with Gasteiger partial charge in [-0.2, -0.15) is 0 Å². The normalized spacial score (nSPS) is 17.4. The highest BCUT2D eigenvalue weighted by Crippen LogP contribution is 2.17. The van der Waals surface area contributed by atoms with Crippen molar-refractivity contribution in [3.63, 3.8) is 0 Å². The third kappa shape index (κ3) is 4.31. The van der Waals surface area contributed by atoms with E-state index in [1.807, 2.05) is 6.92 Å². The van der Waals surface area contributed by atoms with Crippen LogP contribution in [0, 0.1) is 5.82 Å². The van der Waals surface area contributed by atoms with Crippen LogP contribution >= 0.6 is 0 Å². The second-order valence-electron chi connectivity index (χ2n) is 5.20. The van der Waals surface area contributed by atoms with Gasteiger partial charge >= 0.3 is 0 Å². The van der Waals surface area contributed by atoms with Crippen molar-refractivity contribution in [1.29, 1.82) is 0 Å². The molecule has 0 saturated heterocycles. The molecule has 4 heteroatoms. The van der Waals surface area contributed by atoms with Crippen molar-refractivity contribution < 1.29 is 9.18 Å². The number of carbonyl (C=O) groups is 1. The lowest BCUT2D eigenvalue weighted by Crippen LogP contribution is -2.39. The van der Waals surface area contributed by atoms with Crippen LogP contribution in [0.2, 0.25) is 0 Å². The van der Waals surface area contributed by atoms with Gasteiger partial charge in [-0.3, -0.25) is 4.79 Å². The number of benzene rings is 1. The van der Waals surface area contributed by atoms with E-state index in [1.54, 1.807) is 12.1 Å². The van der Waals surface area contributed by atoms with Gasteiger partial charge in [-0.25, -0.2) is 4.39 Å². The molecule has 0 unspecified atom stereocenters. The molecule has 1 saturated carbocycles. The van der Waals surface area contributed by atoms with Gasteiger partial charge in [0, 0.05) is 6.04 Å². The maximum absolute atomic E-state index is 12.8. The Morgan fingerprint density at radius 3 is 2.58 bits per heavy atom. The fraction of sp³-hybridized carbons (Fsp3) is 0.533. The Hall–Kier alpha value is -1.42. The summed E-state index contributed by atoms with van der Waals surface area (Å²) in [5.74, 6) is -0.270. The Morgan fingerprint density at radius 1 is 1.32 bits per heavy atom. The molecule has 0 spiro atoms. The molecule has 0 aromatic heterocycles. The van der Waals surface area contributed by atoms with Crippen LogP contribution in [0.1, 0.15) is 44.2 Å². The summed E-state index contributed by atoms with van der Waals surface area (Å²) >= 11 is 0. The predicted octanol–water partition coefficient (Wildman–Crippen LogP) is 2.54. The maximum Gasteiger partial charge on any atom is 0.234 e. The molecule has 1 amide bonds. The van der Waals surface area contributed by atoms with Gasteiger partial charge in [-0.05, 0) is 37.5 Å². The van der Waals surface area contributed by atoms with Crippen molar-refractivity contribution in [1.82, 2.24) is 10.6 Å². The van der Waals surface area contributed by atoms with Crippen molar-refractivity contribution in [2.24, 2.45) is 0 Å². The zero-order chi connectivity index (χ0) is 13.7. The van der Waals surface area contributed by atoms with Crippen LogP contribution in [0.4, 0.5) is 4.39 Å². The van der Waals surface area contributed by atoms with Crippen molar-refractivity contribution in [2.45, 2.75) is 44.7 Å². The van der Waals surface area contributed by atoms with Crippen molar-refractivity contribution in [3.8, 4) is 0 Å². The quantitative estimate of drug-likeness (QED) is 0.858. The summed E-state index contributed by atoms with van der Waals surface area (Å²) in [5.41, 5.74) is 0.913. The lowest BCUT2D eigenvalue weighted by molar-refractivity contribution is -0.121. The van der Waals surface area contributed by atoms with Crippen LogP contribution in [0.15, 0.2) is 24.3 Å². The number of carbonyl (C=O) groups excluding carboxylic acids is 1. The molecule has 0 radical (unpaired) electrons.